The number of rotatable bonds is 11. The van der Waals surface area contributed by atoms with Crippen molar-refractivity contribution in [2.24, 2.45) is 0 Å². The second-order valence-corrected chi connectivity index (χ2v) is 4.99. The molecule has 2 N–H and O–H groups in total. The van der Waals surface area contributed by atoms with Crippen molar-refractivity contribution < 1.29 is 0 Å². The lowest BCUT2D eigenvalue weighted by Crippen LogP contribution is -2.28. The van der Waals surface area contributed by atoms with Crippen molar-refractivity contribution in [1.29, 1.82) is 0 Å². The van der Waals surface area contributed by atoms with E-state index in [1.54, 1.807) is 0 Å². The first-order valence-corrected chi connectivity index (χ1v) is 7.17. The van der Waals surface area contributed by atoms with Crippen LogP contribution in [0, 0.1) is 0 Å². The van der Waals surface area contributed by atoms with Gasteiger partial charge in [-0.15, -0.1) is 0 Å². The molecule has 16 heavy (non-hydrogen) atoms. The van der Waals surface area contributed by atoms with Gasteiger partial charge in [-0.3, -0.25) is 0 Å². The minimum Gasteiger partial charge on any atom is -0.315 e. The third kappa shape index (κ3) is 10.4. The monoisotopic (exact) mass is 228 g/mol. The molecule has 0 spiro atoms. The van der Waals surface area contributed by atoms with Gasteiger partial charge in [-0.1, -0.05) is 40.5 Å². The zero-order chi connectivity index (χ0) is 12.2. The molecule has 2 heteroatoms. The predicted molar refractivity (Wildman–Crippen MR) is 74.0 cm³/mol. The van der Waals surface area contributed by atoms with E-state index < -0.39 is 0 Å². The second-order valence-electron chi connectivity index (χ2n) is 4.99. The minimum atomic E-state index is 0.636. The van der Waals surface area contributed by atoms with Crippen LogP contribution in [0.2, 0.25) is 0 Å². The highest BCUT2D eigenvalue weighted by Crippen LogP contribution is 2.00. The van der Waals surface area contributed by atoms with E-state index in [2.05, 4.69) is 38.3 Å². The molecule has 0 atom stereocenters. The quantitative estimate of drug-likeness (QED) is 0.530. The molecule has 0 fully saturated rings. The number of unbranched alkanes of at least 4 members (excludes halogenated alkanes) is 3. The van der Waals surface area contributed by atoms with Gasteiger partial charge in [0.25, 0.3) is 0 Å². The molecular formula is C14H32N2. The van der Waals surface area contributed by atoms with E-state index in [9.17, 15) is 0 Å². The molecule has 0 heterocycles. The summed E-state index contributed by atoms with van der Waals surface area (Å²) in [6.45, 7) is 11.3. The summed E-state index contributed by atoms with van der Waals surface area (Å²) in [6.07, 6.45) is 7.90. The van der Waals surface area contributed by atoms with Gasteiger partial charge in [0.15, 0.2) is 0 Å². The third-order valence-corrected chi connectivity index (χ3v) is 3.07. The Morgan fingerprint density at radius 2 is 1.25 bits per heavy atom. The highest BCUT2D eigenvalue weighted by atomic mass is 14.9. The summed E-state index contributed by atoms with van der Waals surface area (Å²) in [4.78, 5) is 0. The fourth-order valence-electron chi connectivity index (χ4n) is 1.88. The first-order valence-electron chi connectivity index (χ1n) is 7.17. The van der Waals surface area contributed by atoms with Crippen molar-refractivity contribution in [1.82, 2.24) is 10.6 Å². The van der Waals surface area contributed by atoms with Crippen molar-refractivity contribution in [2.75, 3.05) is 13.1 Å². The maximum atomic E-state index is 3.61. The minimum absolute atomic E-state index is 0.636. The summed E-state index contributed by atoms with van der Waals surface area (Å²) in [5.74, 6) is 0. The topological polar surface area (TPSA) is 24.1 Å². The molecule has 0 unspecified atom stereocenters. The molecule has 0 aliphatic heterocycles. The van der Waals surface area contributed by atoms with Crippen molar-refractivity contribution in [3.8, 4) is 0 Å². The van der Waals surface area contributed by atoms with E-state index in [1.807, 2.05) is 0 Å². The molecule has 0 aliphatic carbocycles. The van der Waals surface area contributed by atoms with Crippen molar-refractivity contribution in [3.05, 3.63) is 0 Å². The summed E-state index contributed by atoms with van der Waals surface area (Å²) in [6, 6.07) is 1.37. The molecule has 0 rings (SSSR count). The molecule has 2 nitrogen and oxygen atoms in total. The van der Waals surface area contributed by atoms with Crippen LogP contribution in [0.15, 0.2) is 0 Å². The van der Waals surface area contributed by atoms with Gasteiger partial charge in [0, 0.05) is 12.1 Å². The lowest BCUT2D eigenvalue weighted by molar-refractivity contribution is 0.466. The van der Waals surface area contributed by atoms with Crippen LogP contribution in [-0.4, -0.2) is 25.2 Å². The first-order chi connectivity index (χ1) is 7.70. The van der Waals surface area contributed by atoms with E-state index >= 15 is 0 Å². The van der Waals surface area contributed by atoms with E-state index in [4.69, 9.17) is 0 Å². The molecule has 0 saturated carbocycles. The maximum absolute atomic E-state index is 3.61. The second kappa shape index (κ2) is 11.4. The van der Waals surface area contributed by atoms with Gasteiger partial charge in [0.2, 0.25) is 0 Å². The fourth-order valence-corrected chi connectivity index (χ4v) is 1.88. The number of nitrogens with one attached hydrogen (secondary N) is 2. The van der Waals surface area contributed by atoms with Crippen molar-refractivity contribution in [3.63, 3.8) is 0 Å². The lowest BCUT2D eigenvalue weighted by atomic mass is 10.1. The average Bonchev–Trinajstić information content (AvgIpc) is 2.27. The van der Waals surface area contributed by atoms with Gasteiger partial charge in [0.1, 0.15) is 0 Å². The maximum Gasteiger partial charge on any atom is 0.00618 e. The summed E-state index contributed by atoms with van der Waals surface area (Å²) in [5, 5.41) is 7.07. The van der Waals surface area contributed by atoms with Crippen LogP contribution in [0.5, 0.6) is 0 Å². The van der Waals surface area contributed by atoms with Crippen LogP contribution >= 0.6 is 0 Å². The van der Waals surface area contributed by atoms with E-state index in [1.165, 1.54) is 51.6 Å². The van der Waals surface area contributed by atoms with Crippen LogP contribution in [-0.2, 0) is 0 Å². The Labute approximate surface area is 103 Å². The van der Waals surface area contributed by atoms with Crippen LogP contribution < -0.4 is 10.6 Å². The van der Waals surface area contributed by atoms with E-state index in [-0.39, 0.29) is 0 Å². The molecule has 0 aromatic heterocycles. The normalized spacial score (nSPS) is 11.6. The molecule has 0 aromatic rings. The van der Waals surface area contributed by atoms with Crippen molar-refractivity contribution in [2.45, 2.75) is 78.3 Å². The van der Waals surface area contributed by atoms with E-state index in [0.29, 0.717) is 6.04 Å². The summed E-state index contributed by atoms with van der Waals surface area (Å²) in [7, 11) is 0. The molecule has 0 radical (unpaired) electrons. The Kier molecular flexibility index (Phi) is 11.3. The van der Waals surface area contributed by atoms with Gasteiger partial charge >= 0.3 is 0 Å². The molecule has 0 aromatic carbocycles. The predicted octanol–water partition coefficient (Wildman–Crippen LogP) is 3.32. The Morgan fingerprint density at radius 3 is 1.69 bits per heavy atom. The summed E-state index contributed by atoms with van der Waals surface area (Å²) < 4.78 is 0. The van der Waals surface area contributed by atoms with Gasteiger partial charge in [-0.05, 0) is 38.8 Å². The van der Waals surface area contributed by atoms with E-state index in [0.717, 1.165) is 6.04 Å². The molecule has 0 saturated heterocycles. The van der Waals surface area contributed by atoms with Crippen LogP contribution in [0.25, 0.3) is 0 Å². The van der Waals surface area contributed by atoms with Gasteiger partial charge in [-0.25, -0.2) is 0 Å². The Balaban J connectivity index is 3.09. The Hall–Kier alpha value is -0.0800. The largest absolute Gasteiger partial charge is 0.315 e. The standard InChI is InChI=1S/C14H32N2/c1-5-14(6-2)16-12-10-8-7-9-11-15-13(3)4/h13-16H,5-12H2,1-4H3. The highest BCUT2D eigenvalue weighted by molar-refractivity contribution is 4.62. The number of hydrogen-bond acceptors (Lipinski definition) is 2. The SMILES string of the molecule is CCC(CC)NCCCCCCNC(C)C. The zero-order valence-corrected chi connectivity index (χ0v) is 11.8. The smallest absolute Gasteiger partial charge is 0.00618 e. The Bertz CT molecular complexity index is 131. The third-order valence-electron chi connectivity index (χ3n) is 3.07. The number of hydrogen-bond donors (Lipinski definition) is 2. The van der Waals surface area contributed by atoms with Gasteiger partial charge in [-0.2, -0.15) is 0 Å². The van der Waals surface area contributed by atoms with Gasteiger partial charge in [0.05, 0.1) is 0 Å². The molecule has 0 bridgehead atoms. The van der Waals surface area contributed by atoms with Crippen molar-refractivity contribution >= 4 is 0 Å². The summed E-state index contributed by atoms with van der Waals surface area (Å²) in [5.41, 5.74) is 0. The fraction of sp³-hybridized carbons (Fsp3) is 1.00. The molecule has 0 amide bonds. The van der Waals surface area contributed by atoms with Crippen LogP contribution in [0.4, 0.5) is 0 Å². The lowest BCUT2D eigenvalue weighted by Gasteiger charge is -2.14. The van der Waals surface area contributed by atoms with Gasteiger partial charge < -0.3 is 10.6 Å². The van der Waals surface area contributed by atoms with Crippen LogP contribution in [0.3, 0.4) is 0 Å². The Morgan fingerprint density at radius 1 is 0.750 bits per heavy atom. The molecule has 98 valence electrons. The zero-order valence-electron chi connectivity index (χ0n) is 11.8. The average molecular weight is 228 g/mol. The molecule has 0 aliphatic rings. The molecular weight excluding hydrogens is 196 g/mol. The highest BCUT2D eigenvalue weighted by Gasteiger charge is 2.00. The van der Waals surface area contributed by atoms with Crippen LogP contribution in [0.1, 0.15) is 66.2 Å². The summed E-state index contributed by atoms with van der Waals surface area (Å²) >= 11 is 0. The first kappa shape index (κ1) is 15.9.